The molecule has 2 aliphatic rings. The second kappa shape index (κ2) is 9.62. The number of carbonyl (C=O) groups excluding carboxylic acids is 1. The molecule has 33 heavy (non-hydrogen) atoms. The van der Waals surface area contributed by atoms with Gasteiger partial charge in [-0.15, -0.1) is 11.3 Å². The van der Waals surface area contributed by atoms with Crippen LogP contribution in [0.2, 0.25) is 18.1 Å². The van der Waals surface area contributed by atoms with Crippen molar-refractivity contribution >= 4 is 31.2 Å². The van der Waals surface area contributed by atoms with Crippen LogP contribution < -0.4 is 5.32 Å². The molecule has 0 bridgehead atoms. The molecule has 4 rings (SSSR count). The number of benzene rings is 1. The maximum absolute atomic E-state index is 11.8. The van der Waals surface area contributed by atoms with Crippen molar-refractivity contribution in [3.63, 3.8) is 0 Å². The Morgan fingerprint density at radius 2 is 2.06 bits per heavy atom. The van der Waals surface area contributed by atoms with Crippen LogP contribution >= 0.6 is 11.3 Å². The predicted molar refractivity (Wildman–Crippen MR) is 139 cm³/mol. The summed E-state index contributed by atoms with van der Waals surface area (Å²) in [6.45, 7) is 13.8. The van der Waals surface area contributed by atoms with Gasteiger partial charge in [0.15, 0.2) is 8.32 Å². The minimum atomic E-state index is -2.01. The first-order chi connectivity index (χ1) is 15.5. The Morgan fingerprint density at radius 3 is 2.73 bits per heavy atom. The lowest BCUT2D eigenvalue weighted by atomic mass is 9.92. The van der Waals surface area contributed by atoms with Crippen LogP contribution in [-0.2, 0) is 15.6 Å². The van der Waals surface area contributed by atoms with Crippen LogP contribution in [0.5, 0.6) is 0 Å². The zero-order chi connectivity index (χ0) is 23.8. The molecule has 1 aromatic heterocycles. The number of hydrogen-bond donors (Lipinski definition) is 2. The highest BCUT2D eigenvalue weighted by Gasteiger charge is 2.40. The fourth-order valence-corrected chi connectivity index (χ4v) is 6.77. The molecule has 1 saturated heterocycles. The summed E-state index contributed by atoms with van der Waals surface area (Å²) in [6, 6.07) is 10.6. The molecule has 1 fully saturated rings. The normalized spacial score (nSPS) is 23.2. The minimum Gasteiger partial charge on any atom is -0.409 e. The van der Waals surface area contributed by atoms with Gasteiger partial charge in [-0.25, -0.2) is 0 Å². The molecule has 2 aromatic rings. The van der Waals surface area contributed by atoms with Gasteiger partial charge in [-0.05, 0) is 66.2 Å². The molecule has 180 valence electrons. The lowest BCUT2D eigenvalue weighted by molar-refractivity contribution is -0.116. The van der Waals surface area contributed by atoms with Crippen molar-refractivity contribution in [2.45, 2.75) is 76.3 Å². The van der Waals surface area contributed by atoms with E-state index in [-0.39, 0.29) is 29.1 Å². The molecule has 3 heterocycles. The van der Waals surface area contributed by atoms with E-state index in [1.54, 1.807) is 11.3 Å². The zero-order valence-corrected chi connectivity index (χ0v) is 22.4. The summed E-state index contributed by atoms with van der Waals surface area (Å²) >= 11 is 1.74. The molecule has 1 aromatic carbocycles. The van der Waals surface area contributed by atoms with Gasteiger partial charge in [0.2, 0.25) is 5.91 Å². The van der Waals surface area contributed by atoms with Crippen molar-refractivity contribution in [2.75, 3.05) is 25.0 Å². The number of β-amino-alcohol motifs (C(OH)–C–C–N with tert-alkyl or cyclic N) is 1. The van der Waals surface area contributed by atoms with Crippen LogP contribution in [0.1, 0.15) is 61.6 Å². The molecule has 0 unspecified atom stereocenters. The first-order valence-corrected chi connectivity index (χ1v) is 15.9. The van der Waals surface area contributed by atoms with E-state index in [1.807, 2.05) is 6.07 Å². The number of aliphatic hydroxyl groups is 1. The van der Waals surface area contributed by atoms with Crippen LogP contribution in [0.3, 0.4) is 0 Å². The topological polar surface area (TPSA) is 61.8 Å². The minimum absolute atomic E-state index is 0.0562. The molecule has 0 aliphatic carbocycles. The molecular formula is C26H38N2O3SSi. The molecule has 0 spiro atoms. The molecule has 0 saturated carbocycles. The summed E-state index contributed by atoms with van der Waals surface area (Å²) in [5, 5.41) is 16.1. The standard InChI is InChI=1S/C26H38N2O3SSi/c1-26(2,3)33(4,5)31-23(19-8-10-21-18(15-19)9-11-25(30)27-21)17-28-13-12-20(22(29)16-28)24-7-6-14-32-24/h6-8,10,14-15,20,22-23,29H,9,11-13,16-17H2,1-5H3,(H,27,30)/t20-,22-,23+/m1/s1. The number of piperidine rings is 1. The summed E-state index contributed by atoms with van der Waals surface area (Å²) in [6.07, 6.45) is 1.85. The van der Waals surface area contributed by atoms with Crippen molar-refractivity contribution in [3.8, 4) is 0 Å². The van der Waals surface area contributed by atoms with Crippen LogP contribution in [0.25, 0.3) is 0 Å². The van der Waals surface area contributed by atoms with E-state index in [0.717, 1.165) is 31.6 Å². The molecule has 3 atom stereocenters. The van der Waals surface area contributed by atoms with Gasteiger partial charge in [0.1, 0.15) is 0 Å². The molecule has 1 amide bonds. The van der Waals surface area contributed by atoms with Gasteiger partial charge < -0.3 is 14.8 Å². The molecule has 7 heteroatoms. The first-order valence-electron chi connectivity index (χ1n) is 12.1. The van der Waals surface area contributed by atoms with Crippen molar-refractivity contribution < 1.29 is 14.3 Å². The summed E-state index contributed by atoms with van der Waals surface area (Å²) in [5.74, 6) is 0.320. The van der Waals surface area contributed by atoms with Gasteiger partial charge in [-0.1, -0.05) is 39.0 Å². The quantitative estimate of drug-likeness (QED) is 0.526. The second-order valence-electron chi connectivity index (χ2n) is 11.1. The summed E-state index contributed by atoms with van der Waals surface area (Å²) in [5.41, 5.74) is 3.28. The predicted octanol–water partition coefficient (Wildman–Crippen LogP) is 5.55. The number of nitrogens with one attached hydrogen (secondary N) is 1. The van der Waals surface area contributed by atoms with E-state index in [1.165, 1.54) is 16.0 Å². The van der Waals surface area contributed by atoms with Crippen molar-refractivity contribution in [2.24, 2.45) is 0 Å². The third kappa shape index (κ3) is 5.60. The Hall–Kier alpha value is -1.51. The monoisotopic (exact) mass is 486 g/mol. The average molecular weight is 487 g/mol. The number of likely N-dealkylation sites (tertiary alicyclic amines) is 1. The molecule has 5 nitrogen and oxygen atoms in total. The fraction of sp³-hybridized carbons (Fsp3) is 0.577. The third-order valence-electron chi connectivity index (χ3n) is 7.64. The zero-order valence-electron chi connectivity index (χ0n) is 20.6. The number of thiophene rings is 1. The number of amides is 1. The van der Waals surface area contributed by atoms with E-state index in [2.05, 4.69) is 73.7 Å². The largest absolute Gasteiger partial charge is 0.409 e. The maximum atomic E-state index is 11.8. The number of carbonyl (C=O) groups is 1. The number of fused-ring (bicyclic) bond motifs is 1. The highest BCUT2D eigenvalue weighted by molar-refractivity contribution is 7.10. The Labute approximate surface area is 203 Å². The van der Waals surface area contributed by atoms with Gasteiger partial charge in [0.05, 0.1) is 12.2 Å². The number of anilines is 1. The van der Waals surface area contributed by atoms with Gasteiger partial charge in [0, 0.05) is 36.0 Å². The lowest BCUT2D eigenvalue weighted by Crippen LogP contribution is -2.47. The number of rotatable bonds is 6. The third-order valence-corrected chi connectivity index (χ3v) is 13.1. The van der Waals surface area contributed by atoms with Crippen molar-refractivity contribution in [1.82, 2.24) is 4.90 Å². The lowest BCUT2D eigenvalue weighted by Gasteiger charge is -2.42. The van der Waals surface area contributed by atoms with Crippen molar-refractivity contribution in [3.05, 3.63) is 51.7 Å². The fourth-order valence-electron chi connectivity index (χ4n) is 4.58. The summed E-state index contributed by atoms with van der Waals surface area (Å²) in [7, 11) is -2.01. The van der Waals surface area contributed by atoms with E-state index < -0.39 is 8.32 Å². The van der Waals surface area contributed by atoms with E-state index >= 15 is 0 Å². The molecule has 2 N–H and O–H groups in total. The van der Waals surface area contributed by atoms with Gasteiger partial charge in [-0.3, -0.25) is 9.69 Å². The van der Waals surface area contributed by atoms with E-state index in [9.17, 15) is 9.90 Å². The Kier molecular flexibility index (Phi) is 7.17. The Bertz CT molecular complexity index is 970. The number of nitrogens with zero attached hydrogens (tertiary/aromatic N) is 1. The van der Waals surface area contributed by atoms with Crippen LogP contribution in [0, 0.1) is 0 Å². The Balaban J connectivity index is 1.54. The van der Waals surface area contributed by atoms with Crippen LogP contribution in [-0.4, -0.2) is 50.0 Å². The summed E-state index contributed by atoms with van der Waals surface area (Å²) < 4.78 is 6.97. The second-order valence-corrected chi connectivity index (χ2v) is 16.8. The number of aryl methyl sites for hydroxylation is 1. The van der Waals surface area contributed by atoms with E-state index in [0.29, 0.717) is 13.0 Å². The van der Waals surface area contributed by atoms with Crippen molar-refractivity contribution in [1.29, 1.82) is 0 Å². The van der Waals surface area contributed by atoms with Gasteiger partial charge in [0.25, 0.3) is 0 Å². The highest BCUT2D eigenvalue weighted by Crippen LogP contribution is 2.41. The number of aliphatic hydroxyl groups excluding tert-OH is 1. The first kappa shape index (κ1) is 24.6. The summed E-state index contributed by atoms with van der Waals surface area (Å²) in [4.78, 5) is 15.4. The van der Waals surface area contributed by atoms with Crippen LogP contribution in [0.15, 0.2) is 35.7 Å². The van der Waals surface area contributed by atoms with Crippen LogP contribution in [0.4, 0.5) is 5.69 Å². The van der Waals surface area contributed by atoms with Gasteiger partial charge in [-0.2, -0.15) is 0 Å². The SMILES string of the molecule is CC(C)(C)[Si](C)(C)O[C@@H](CN1CC[C@@H](c2cccs2)[C@H](O)C1)c1ccc2c(c1)CCC(=O)N2. The molecule has 0 radical (unpaired) electrons. The highest BCUT2D eigenvalue weighted by atomic mass is 32.1. The van der Waals surface area contributed by atoms with E-state index in [4.69, 9.17) is 4.43 Å². The smallest absolute Gasteiger partial charge is 0.224 e. The van der Waals surface area contributed by atoms with Gasteiger partial charge >= 0.3 is 0 Å². The molecule has 2 aliphatic heterocycles. The number of hydrogen-bond acceptors (Lipinski definition) is 5. The molecular weight excluding hydrogens is 448 g/mol. The average Bonchev–Trinajstić information content (AvgIpc) is 3.26. The Morgan fingerprint density at radius 1 is 1.27 bits per heavy atom. The maximum Gasteiger partial charge on any atom is 0.224 e.